The van der Waals surface area contributed by atoms with Crippen LogP contribution in [-0.2, 0) is 9.53 Å². The Hall–Kier alpha value is -2.37. The maximum absolute atomic E-state index is 11.7. The van der Waals surface area contributed by atoms with Crippen molar-refractivity contribution in [3.8, 4) is 0 Å². The van der Waals surface area contributed by atoms with E-state index in [0.717, 1.165) is 0 Å². The number of nitrogens with zero attached hydrogens (tertiary/aromatic N) is 2. The molecule has 0 atom stereocenters. The minimum Gasteiger partial charge on any atom is -0.453 e. The average Bonchev–Trinajstić information content (AvgIpc) is 2.71. The van der Waals surface area contributed by atoms with Crippen LogP contribution in [-0.4, -0.2) is 24.9 Å². The quantitative estimate of drug-likeness (QED) is 0.789. The van der Waals surface area contributed by atoms with Crippen LogP contribution in [0.25, 0.3) is 0 Å². The fourth-order valence-electron chi connectivity index (χ4n) is 1.44. The molecule has 0 radical (unpaired) electrons. The summed E-state index contributed by atoms with van der Waals surface area (Å²) in [7, 11) is 1.25. The first kappa shape index (κ1) is 11.1. The predicted octanol–water partition coefficient (Wildman–Crippen LogP) is 1.09. The summed E-state index contributed by atoms with van der Waals surface area (Å²) in [5.41, 5.74) is 0.666. The summed E-state index contributed by atoms with van der Waals surface area (Å²) in [4.78, 5) is 22.6. The lowest BCUT2D eigenvalue weighted by molar-refractivity contribution is -0.116. The van der Waals surface area contributed by atoms with Gasteiger partial charge in [0.25, 0.3) is 5.91 Å². The van der Waals surface area contributed by atoms with E-state index < -0.39 is 6.09 Å². The molecule has 88 valence electrons. The van der Waals surface area contributed by atoms with Crippen molar-refractivity contribution in [3.05, 3.63) is 30.3 Å². The van der Waals surface area contributed by atoms with Crippen LogP contribution in [0.4, 0.5) is 10.5 Å². The molecule has 0 saturated heterocycles. The molecular formula is C11H11N3O3. The summed E-state index contributed by atoms with van der Waals surface area (Å²) in [6.07, 6.45) is -0.573. The molecule has 17 heavy (non-hydrogen) atoms. The number of amides is 2. The van der Waals surface area contributed by atoms with E-state index in [1.165, 1.54) is 12.1 Å². The molecule has 2 amide bonds. The third-order valence-electron chi connectivity index (χ3n) is 2.21. The number of hydrogen-bond acceptors (Lipinski definition) is 4. The van der Waals surface area contributed by atoms with Gasteiger partial charge >= 0.3 is 6.09 Å². The number of nitrogens with one attached hydrogen (secondary N) is 1. The standard InChI is InChI=1S/C11H11N3O3/c1-17-11(16)12-9-7-10(15)14(13-9)8-5-3-2-4-6-8/h2-6H,7H2,1H3,(H,12,13,16). The van der Waals surface area contributed by atoms with Crippen LogP contribution in [0.3, 0.4) is 0 Å². The smallest absolute Gasteiger partial charge is 0.412 e. The van der Waals surface area contributed by atoms with Crippen LogP contribution in [0.1, 0.15) is 6.42 Å². The summed E-state index contributed by atoms with van der Waals surface area (Å²) in [5, 5.41) is 7.66. The Morgan fingerprint density at radius 1 is 1.41 bits per heavy atom. The number of carbonyl (C=O) groups is 2. The Morgan fingerprint density at radius 2 is 2.12 bits per heavy atom. The number of alkyl carbamates (subject to hydrolysis) is 1. The van der Waals surface area contributed by atoms with Gasteiger partial charge in [-0.15, -0.1) is 0 Å². The van der Waals surface area contributed by atoms with Gasteiger partial charge < -0.3 is 4.74 Å². The summed E-state index contributed by atoms with van der Waals surface area (Å²) in [6, 6.07) is 9.00. The summed E-state index contributed by atoms with van der Waals surface area (Å²) in [6.45, 7) is 0. The molecule has 6 heteroatoms. The van der Waals surface area contributed by atoms with Crippen molar-refractivity contribution in [2.45, 2.75) is 6.42 Å². The van der Waals surface area contributed by atoms with E-state index in [4.69, 9.17) is 0 Å². The van der Waals surface area contributed by atoms with E-state index in [-0.39, 0.29) is 18.2 Å². The van der Waals surface area contributed by atoms with Crippen molar-refractivity contribution in [1.29, 1.82) is 0 Å². The highest BCUT2D eigenvalue weighted by atomic mass is 16.5. The van der Waals surface area contributed by atoms with E-state index in [0.29, 0.717) is 5.69 Å². The van der Waals surface area contributed by atoms with Gasteiger partial charge in [0.2, 0.25) is 0 Å². The van der Waals surface area contributed by atoms with Crippen LogP contribution in [0, 0.1) is 0 Å². The third kappa shape index (κ3) is 2.41. The van der Waals surface area contributed by atoms with Crippen molar-refractivity contribution < 1.29 is 14.3 Å². The number of amidine groups is 1. The van der Waals surface area contributed by atoms with E-state index in [1.54, 1.807) is 12.1 Å². The molecule has 0 unspecified atom stereocenters. The normalized spacial score (nSPS) is 14.5. The minimum atomic E-state index is -0.633. The van der Waals surface area contributed by atoms with Gasteiger partial charge in [-0.3, -0.25) is 10.1 Å². The number of hydrazone groups is 1. The van der Waals surface area contributed by atoms with Gasteiger partial charge in [-0.05, 0) is 12.1 Å². The maximum Gasteiger partial charge on any atom is 0.412 e. The number of para-hydroxylation sites is 1. The summed E-state index contributed by atoms with van der Waals surface area (Å²) in [5.74, 6) is 0.0910. The van der Waals surface area contributed by atoms with Gasteiger partial charge in [0.05, 0.1) is 19.2 Å². The Labute approximate surface area is 97.9 Å². The zero-order chi connectivity index (χ0) is 12.3. The minimum absolute atomic E-state index is 0.0595. The number of carbonyl (C=O) groups excluding carboxylic acids is 2. The van der Waals surface area contributed by atoms with E-state index in [9.17, 15) is 9.59 Å². The molecule has 2 rings (SSSR count). The van der Waals surface area contributed by atoms with Gasteiger partial charge in [-0.1, -0.05) is 18.2 Å². The number of methoxy groups -OCH3 is 1. The van der Waals surface area contributed by atoms with E-state index >= 15 is 0 Å². The monoisotopic (exact) mass is 233 g/mol. The molecule has 1 aromatic rings. The Bertz CT molecular complexity index is 470. The van der Waals surface area contributed by atoms with E-state index in [2.05, 4.69) is 15.2 Å². The second-order valence-electron chi connectivity index (χ2n) is 3.38. The van der Waals surface area contributed by atoms with Crippen LogP contribution >= 0.6 is 0 Å². The van der Waals surface area contributed by atoms with Gasteiger partial charge in [0, 0.05) is 0 Å². The fraction of sp³-hybridized carbons (Fsp3) is 0.182. The molecule has 0 aliphatic carbocycles. The first-order chi connectivity index (χ1) is 8.20. The SMILES string of the molecule is COC(=O)NC1=NN(c2ccccc2)C(=O)C1. The number of rotatable bonds is 1. The number of ether oxygens (including phenoxy) is 1. The lowest BCUT2D eigenvalue weighted by Crippen LogP contribution is -2.29. The molecule has 0 fully saturated rings. The maximum atomic E-state index is 11.7. The van der Waals surface area contributed by atoms with Crippen molar-refractivity contribution in [3.63, 3.8) is 0 Å². The molecule has 1 heterocycles. The molecular weight excluding hydrogens is 222 g/mol. The Morgan fingerprint density at radius 3 is 2.76 bits per heavy atom. The van der Waals surface area contributed by atoms with E-state index in [1.807, 2.05) is 18.2 Å². The largest absolute Gasteiger partial charge is 0.453 e. The molecule has 0 aromatic heterocycles. The number of hydrogen-bond donors (Lipinski definition) is 1. The lowest BCUT2D eigenvalue weighted by atomic mass is 10.3. The van der Waals surface area contributed by atoms with Gasteiger partial charge in [0.1, 0.15) is 5.84 Å². The van der Waals surface area contributed by atoms with Gasteiger partial charge in [0.15, 0.2) is 0 Å². The fourth-order valence-corrected chi connectivity index (χ4v) is 1.44. The molecule has 1 aliphatic rings. The van der Waals surface area contributed by atoms with Crippen molar-refractivity contribution in [1.82, 2.24) is 5.32 Å². The molecule has 0 spiro atoms. The molecule has 1 aromatic carbocycles. The Balaban J connectivity index is 2.15. The first-order valence-corrected chi connectivity index (χ1v) is 5.01. The van der Waals surface area contributed by atoms with Gasteiger partial charge in [-0.25, -0.2) is 4.79 Å². The molecule has 1 N–H and O–H groups in total. The zero-order valence-electron chi connectivity index (χ0n) is 9.21. The first-order valence-electron chi connectivity index (χ1n) is 5.01. The van der Waals surface area contributed by atoms with Crippen LogP contribution in [0.2, 0.25) is 0 Å². The molecule has 0 saturated carbocycles. The number of anilines is 1. The molecule has 6 nitrogen and oxygen atoms in total. The second-order valence-corrected chi connectivity index (χ2v) is 3.38. The van der Waals surface area contributed by atoms with Crippen LogP contribution in [0.5, 0.6) is 0 Å². The highest BCUT2D eigenvalue weighted by molar-refractivity contribution is 6.15. The predicted molar refractivity (Wildman–Crippen MR) is 61.5 cm³/mol. The van der Waals surface area contributed by atoms with Gasteiger partial charge in [-0.2, -0.15) is 10.1 Å². The van der Waals surface area contributed by atoms with Crippen LogP contribution < -0.4 is 10.3 Å². The third-order valence-corrected chi connectivity index (χ3v) is 2.21. The molecule has 1 aliphatic heterocycles. The van der Waals surface area contributed by atoms with Crippen molar-refractivity contribution in [2.24, 2.45) is 5.10 Å². The van der Waals surface area contributed by atoms with Crippen LogP contribution in [0.15, 0.2) is 35.4 Å². The molecule has 0 bridgehead atoms. The topological polar surface area (TPSA) is 71.0 Å². The van der Waals surface area contributed by atoms with Crippen molar-refractivity contribution in [2.75, 3.05) is 12.1 Å². The highest BCUT2D eigenvalue weighted by Gasteiger charge is 2.26. The number of benzene rings is 1. The second kappa shape index (κ2) is 4.65. The zero-order valence-corrected chi connectivity index (χ0v) is 9.21. The lowest BCUT2D eigenvalue weighted by Gasteiger charge is -2.10. The summed E-state index contributed by atoms with van der Waals surface area (Å²) < 4.78 is 4.43. The summed E-state index contributed by atoms with van der Waals surface area (Å²) >= 11 is 0. The Kier molecular flexibility index (Phi) is 3.04. The highest BCUT2D eigenvalue weighted by Crippen LogP contribution is 2.18. The average molecular weight is 233 g/mol. The van der Waals surface area contributed by atoms with Crippen molar-refractivity contribution >= 4 is 23.5 Å².